The summed E-state index contributed by atoms with van der Waals surface area (Å²) in [5.41, 5.74) is 6.39. The summed E-state index contributed by atoms with van der Waals surface area (Å²) in [5.74, 6) is 0.804. The van der Waals surface area contributed by atoms with E-state index in [4.69, 9.17) is 15.2 Å². The zero-order valence-corrected chi connectivity index (χ0v) is 12.6. The number of benzene rings is 1. The maximum Gasteiger partial charge on any atom is 0.248 e. The number of hydrogen-bond acceptors (Lipinski definition) is 4. The SMILES string of the molecule is COc1cc(C(N)=O)ccc1Oc1ccc(Br)c(C)n1. The van der Waals surface area contributed by atoms with Crippen molar-refractivity contribution in [2.75, 3.05) is 7.11 Å². The summed E-state index contributed by atoms with van der Waals surface area (Å²) >= 11 is 3.37. The van der Waals surface area contributed by atoms with Gasteiger partial charge in [-0.25, -0.2) is 4.98 Å². The standard InChI is InChI=1S/C14H13BrN2O3/c1-8-10(15)4-6-13(17-8)20-11-5-3-9(14(16)18)7-12(11)19-2/h3-7H,1-2H3,(H2,16,18). The van der Waals surface area contributed by atoms with Gasteiger partial charge in [0.2, 0.25) is 11.8 Å². The predicted octanol–water partition coefficient (Wildman–Crippen LogP) is 3.05. The van der Waals surface area contributed by atoms with Crippen molar-refractivity contribution in [2.24, 2.45) is 5.73 Å². The van der Waals surface area contributed by atoms with Crippen LogP contribution in [0.3, 0.4) is 0 Å². The highest BCUT2D eigenvalue weighted by Gasteiger charge is 2.10. The summed E-state index contributed by atoms with van der Waals surface area (Å²) in [4.78, 5) is 15.4. The molecule has 0 unspecified atom stereocenters. The van der Waals surface area contributed by atoms with Gasteiger partial charge in [0.15, 0.2) is 11.5 Å². The lowest BCUT2D eigenvalue weighted by Gasteiger charge is -2.11. The summed E-state index contributed by atoms with van der Waals surface area (Å²) < 4.78 is 11.8. The third-order valence-corrected chi connectivity index (χ3v) is 3.50. The fourth-order valence-corrected chi connectivity index (χ4v) is 1.82. The van der Waals surface area contributed by atoms with Crippen LogP contribution < -0.4 is 15.2 Å². The molecule has 6 heteroatoms. The first-order valence-corrected chi connectivity index (χ1v) is 6.59. The van der Waals surface area contributed by atoms with Gasteiger partial charge in [0, 0.05) is 16.1 Å². The molecule has 0 aliphatic rings. The molecule has 0 aliphatic carbocycles. The number of primary amides is 1. The molecule has 2 N–H and O–H groups in total. The van der Waals surface area contributed by atoms with E-state index in [1.807, 2.05) is 13.0 Å². The molecule has 20 heavy (non-hydrogen) atoms. The largest absolute Gasteiger partial charge is 0.493 e. The van der Waals surface area contributed by atoms with Gasteiger partial charge in [0.1, 0.15) is 0 Å². The van der Waals surface area contributed by atoms with Crippen molar-refractivity contribution in [3.63, 3.8) is 0 Å². The Morgan fingerprint density at radius 1 is 1.25 bits per heavy atom. The molecule has 0 aliphatic heterocycles. The lowest BCUT2D eigenvalue weighted by molar-refractivity contribution is 0.1000. The summed E-state index contributed by atoms with van der Waals surface area (Å²) in [6.07, 6.45) is 0. The van der Waals surface area contributed by atoms with Crippen molar-refractivity contribution >= 4 is 21.8 Å². The second kappa shape index (κ2) is 5.92. The number of ether oxygens (including phenoxy) is 2. The van der Waals surface area contributed by atoms with Gasteiger partial charge in [-0.2, -0.15) is 0 Å². The van der Waals surface area contributed by atoms with E-state index < -0.39 is 5.91 Å². The third-order valence-electron chi connectivity index (χ3n) is 2.66. The molecule has 1 aromatic heterocycles. The fraction of sp³-hybridized carbons (Fsp3) is 0.143. The van der Waals surface area contributed by atoms with Crippen molar-refractivity contribution in [3.05, 3.63) is 46.1 Å². The molecular formula is C14H13BrN2O3. The number of rotatable bonds is 4. The topological polar surface area (TPSA) is 74.4 Å². The number of methoxy groups -OCH3 is 1. The van der Waals surface area contributed by atoms with Gasteiger partial charge in [0.05, 0.1) is 12.8 Å². The third kappa shape index (κ3) is 3.08. The molecule has 0 bridgehead atoms. The fourth-order valence-electron chi connectivity index (χ4n) is 1.60. The second-order valence-electron chi connectivity index (χ2n) is 4.05. The van der Waals surface area contributed by atoms with Crippen LogP contribution in [0.25, 0.3) is 0 Å². The molecule has 0 atom stereocenters. The molecule has 2 aromatic rings. The summed E-state index contributed by atoms with van der Waals surface area (Å²) in [7, 11) is 1.49. The van der Waals surface area contributed by atoms with Gasteiger partial charge in [-0.3, -0.25) is 4.79 Å². The predicted molar refractivity (Wildman–Crippen MR) is 78.3 cm³/mol. The summed E-state index contributed by atoms with van der Waals surface area (Å²) in [5, 5.41) is 0. The van der Waals surface area contributed by atoms with Crippen molar-refractivity contribution in [2.45, 2.75) is 6.92 Å². The molecular weight excluding hydrogens is 324 g/mol. The molecule has 2 rings (SSSR count). The van der Waals surface area contributed by atoms with Crippen LogP contribution in [0.1, 0.15) is 16.1 Å². The average Bonchev–Trinajstić information content (AvgIpc) is 2.43. The Bertz CT molecular complexity index is 659. The van der Waals surface area contributed by atoms with Gasteiger partial charge < -0.3 is 15.2 Å². The van der Waals surface area contributed by atoms with E-state index in [0.717, 1.165) is 10.2 Å². The van der Waals surface area contributed by atoms with E-state index in [9.17, 15) is 4.79 Å². The number of carbonyl (C=O) groups is 1. The number of aryl methyl sites for hydroxylation is 1. The normalized spacial score (nSPS) is 10.2. The number of carbonyl (C=O) groups excluding carboxylic acids is 1. The van der Waals surface area contributed by atoms with E-state index in [1.165, 1.54) is 13.2 Å². The quantitative estimate of drug-likeness (QED) is 0.930. The van der Waals surface area contributed by atoms with Crippen LogP contribution in [0, 0.1) is 6.92 Å². The molecule has 0 spiro atoms. The molecule has 0 fully saturated rings. The lowest BCUT2D eigenvalue weighted by Crippen LogP contribution is -2.10. The minimum Gasteiger partial charge on any atom is -0.493 e. The number of hydrogen-bond donors (Lipinski definition) is 1. The number of pyridine rings is 1. The lowest BCUT2D eigenvalue weighted by atomic mass is 10.2. The Labute approximate surface area is 124 Å². The molecule has 0 radical (unpaired) electrons. The van der Waals surface area contributed by atoms with Crippen LogP contribution in [0.2, 0.25) is 0 Å². The number of nitrogens with two attached hydrogens (primary N) is 1. The van der Waals surface area contributed by atoms with Gasteiger partial charge in [-0.15, -0.1) is 0 Å². The monoisotopic (exact) mass is 336 g/mol. The van der Waals surface area contributed by atoms with Crippen molar-refractivity contribution < 1.29 is 14.3 Å². The highest BCUT2D eigenvalue weighted by atomic mass is 79.9. The first-order valence-electron chi connectivity index (χ1n) is 5.80. The van der Waals surface area contributed by atoms with E-state index in [0.29, 0.717) is 22.9 Å². The van der Waals surface area contributed by atoms with Crippen molar-refractivity contribution in [1.82, 2.24) is 4.98 Å². The molecule has 104 valence electrons. The highest BCUT2D eigenvalue weighted by Crippen LogP contribution is 2.32. The van der Waals surface area contributed by atoms with Crippen LogP contribution in [0.5, 0.6) is 17.4 Å². The molecule has 0 saturated carbocycles. The highest BCUT2D eigenvalue weighted by molar-refractivity contribution is 9.10. The average molecular weight is 337 g/mol. The smallest absolute Gasteiger partial charge is 0.248 e. The number of halogens is 1. The zero-order valence-electron chi connectivity index (χ0n) is 11.0. The molecule has 1 aromatic carbocycles. The van der Waals surface area contributed by atoms with E-state index in [-0.39, 0.29) is 0 Å². The Morgan fingerprint density at radius 2 is 2.00 bits per heavy atom. The van der Waals surface area contributed by atoms with Crippen LogP contribution in [-0.2, 0) is 0 Å². The molecule has 1 amide bonds. The van der Waals surface area contributed by atoms with Crippen LogP contribution in [0.4, 0.5) is 0 Å². The van der Waals surface area contributed by atoms with Crippen LogP contribution in [-0.4, -0.2) is 18.0 Å². The number of amides is 1. The maximum atomic E-state index is 11.1. The van der Waals surface area contributed by atoms with E-state index in [1.54, 1.807) is 18.2 Å². The molecule has 1 heterocycles. The van der Waals surface area contributed by atoms with E-state index in [2.05, 4.69) is 20.9 Å². The zero-order chi connectivity index (χ0) is 14.7. The minimum absolute atomic E-state index is 0.356. The van der Waals surface area contributed by atoms with E-state index >= 15 is 0 Å². The first kappa shape index (κ1) is 14.3. The van der Waals surface area contributed by atoms with Gasteiger partial charge in [-0.1, -0.05) is 0 Å². The Kier molecular flexibility index (Phi) is 4.24. The maximum absolute atomic E-state index is 11.1. The second-order valence-corrected chi connectivity index (χ2v) is 4.90. The Morgan fingerprint density at radius 3 is 2.60 bits per heavy atom. The van der Waals surface area contributed by atoms with Crippen LogP contribution >= 0.6 is 15.9 Å². The number of nitrogens with zero attached hydrogens (tertiary/aromatic N) is 1. The number of aromatic nitrogens is 1. The van der Waals surface area contributed by atoms with Crippen molar-refractivity contribution in [1.29, 1.82) is 0 Å². The van der Waals surface area contributed by atoms with Crippen LogP contribution in [0.15, 0.2) is 34.8 Å². The van der Waals surface area contributed by atoms with Gasteiger partial charge in [0.25, 0.3) is 0 Å². The summed E-state index contributed by atoms with van der Waals surface area (Å²) in [6, 6.07) is 8.31. The summed E-state index contributed by atoms with van der Waals surface area (Å²) in [6.45, 7) is 1.87. The van der Waals surface area contributed by atoms with Gasteiger partial charge >= 0.3 is 0 Å². The Balaban J connectivity index is 2.32. The van der Waals surface area contributed by atoms with Gasteiger partial charge in [-0.05, 0) is 47.1 Å². The molecule has 5 nitrogen and oxygen atoms in total. The first-order chi connectivity index (χ1) is 9.51. The molecule has 0 saturated heterocycles. The van der Waals surface area contributed by atoms with Crippen molar-refractivity contribution in [3.8, 4) is 17.4 Å². The minimum atomic E-state index is -0.521. The Hall–Kier alpha value is -2.08.